The van der Waals surface area contributed by atoms with Gasteiger partial charge in [0.2, 0.25) is 25.6 Å². The standard InChI is InChI=1S/C23H31FN4O11P2/c1-11-9-27(7-6-25-11)18-16(24)8-14-17(20(18)37-3)28(13-4-5-13)10-15(19(14)29)21(30)38-12(2)39-22(31)26-23(40(32)33)41(34,35)36/h8,10-13,23,25,32-33H,4-7,9H2,1-3H3,(H,26,31)(H2,34,35,36). The largest absolute Gasteiger partial charge is 0.492 e. The van der Waals surface area contributed by atoms with Crippen LogP contribution in [0.2, 0.25) is 0 Å². The molecule has 1 aromatic carbocycles. The Hall–Kier alpha value is -2.84. The van der Waals surface area contributed by atoms with Crippen LogP contribution in [0.3, 0.4) is 0 Å². The Bertz CT molecular complexity index is 1450. The fraction of sp³-hybridized carbons (Fsp3) is 0.522. The fourth-order valence-electron chi connectivity index (χ4n) is 4.66. The van der Waals surface area contributed by atoms with Crippen molar-refractivity contribution in [2.45, 2.75) is 50.6 Å². The zero-order valence-electron chi connectivity index (χ0n) is 22.3. The molecule has 0 radical (unpaired) electrons. The summed E-state index contributed by atoms with van der Waals surface area (Å²) >= 11 is 0. The molecule has 1 saturated carbocycles. The number of carbonyl (C=O) groups is 2. The predicted molar refractivity (Wildman–Crippen MR) is 144 cm³/mol. The third-order valence-electron chi connectivity index (χ3n) is 6.58. The molecule has 2 fully saturated rings. The van der Waals surface area contributed by atoms with E-state index in [-0.39, 0.29) is 28.9 Å². The number of carbonyl (C=O) groups excluding carboxylic acids is 2. The highest BCUT2D eigenvalue weighted by Crippen LogP contribution is 2.53. The Morgan fingerprint density at radius 3 is 2.51 bits per heavy atom. The zero-order valence-corrected chi connectivity index (χ0v) is 24.1. The van der Waals surface area contributed by atoms with Crippen molar-refractivity contribution < 1.29 is 52.3 Å². The van der Waals surface area contributed by atoms with Crippen molar-refractivity contribution in [3.05, 3.63) is 33.9 Å². The summed E-state index contributed by atoms with van der Waals surface area (Å²) in [4.78, 5) is 76.9. The molecule has 2 heterocycles. The molecular weight excluding hydrogens is 589 g/mol. The molecule has 0 spiro atoms. The lowest BCUT2D eigenvalue weighted by atomic mass is 10.1. The molecule has 226 valence electrons. The number of esters is 1. The van der Waals surface area contributed by atoms with Gasteiger partial charge in [0.15, 0.2) is 11.6 Å². The first kappa shape index (κ1) is 31.1. The van der Waals surface area contributed by atoms with Gasteiger partial charge < -0.3 is 48.6 Å². The number of amides is 1. The second-order valence-electron chi connectivity index (χ2n) is 9.75. The summed E-state index contributed by atoms with van der Waals surface area (Å²) in [6.45, 7) is 4.71. The van der Waals surface area contributed by atoms with Crippen molar-refractivity contribution in [1.82, 2.24) is 15.2 Å². The average Bonchev–Trinajstić information content (AvgIpc) is 3.71. The summed E-state index contributed by atoms with van der Waals surface area (Å²) in [6.07, 6.45) is -0.422. The van der Waals surface area contributed by atoms with Crippen LogP contribution in [0, 0.1) is 5.82 Å². The number of alkyl carbamates (subject to hydrolysis) is 1. The maximum Gasteiger partial charge on any atom is 0.411 e. The lowest BCUT2D eigenvalue weighted by Gasteiger charge is -2.35. The SMILES string of the molecule is COc1c(N2CCNC(C)C2)c(F)cc2c(=O)c(C(=O)OC(C)OC(=O)NC(P(O)O)P(=O)(O)O)cn(C3CC3)c12. The van der Waals surface area contributed by atoms with Gasteiger partial charge in [-0.2, -0.15) is 0 Å². The van der Waals surface area contributed by atoms with Crippen LogP contribution in [0.5, 0.6) is 5.75 Å². The quantitative estimate of drug-likeness (QED) is 0.133. The Balaban J connectivity index is 1.64. The molecule has 2 aromatic rings. The van der Waals surface area contributed by atoms with Crippen molar-refractivity contribution in [2.75, 3.05) is 31.6 Å². The van der Waals surface area contributed by atoms with E-state index in [2.05, 4.69) is 5.32 Å². The number of piperazine rings is 1. The topological polar surface area (TPSA) is 209 Å². The first-order chi connectivity index (χ1) is 19.2. The number of benzene rings is 1. The smallest absolute Gasteiger partial charge is 0.411 e. The highest BCUT2D eigenvalue weighted by Gasteiger charge is 2.38. The maximum atomic E-state index is 15.6. The van der Waals surface area contributed by atoms with E-state index in [0.29, 0.717) is 25.2 Å². The van der Waals surface area contributed by atoms with E-state index in [4.69, 9.17) is 24.0 Å². The van der Waals surface area contributed by atoms with Gasteiger partial charge in [-0.15, -0.1) is 0 Å². The number of anilines is 1. The molecule has 3 unspecified atom stereocenters. The molecule has 1 amide bonds. The van der Waals surface area contributed by atoms with E-state index in [9.17, 15) is 28.7 Å². The van der Waals surface area contributed by atoms with Crippen LogP contribution in [-0.2, 0) is 14.0 Å². The first-order valence-electron chi connectivity index (χ1n) is 12.6. The molecule has 3 atom stereocenters. The monoisotopic (exact) mass is 620 g/mol. The normalized spacial score (nSPS) is 19.1. The molecule has 6 N–H and O–H groups in total. The van der Waals surface area contributed by atoms with E-state index >= 15 is 4.39 Å². The number of pyridine rings is 1. The van der Waals surface area contributed by atoms with Crippen LogP contribution in [0.25, 0.3) is 10.9 Å². The third-order valence-corrected chi connectivity index (χ3v) is 9.43. The number of methoxy groups -OCH3 is 1. The van der Waals surface area contributed by atoms with Gasteiger partial charge in [-0.25, -0.2) is 14.0 Å². The first-order valence-corrected chi connectivity index (χ1v) is 15.6. The second-order valence-corrected chi connectivity index (χ2v) is 13.0. The summed E-state index contributed by atoms with van der Waals surface area (Å²) in [7, 11) is -7.05. The minimum atomic E-state index is -5.15. The number of hydrogen-bond acceptors (Lipinski definition) is 11. The summed E-state index contributed by atoms with van der Waals surface area (Å²) in [5, 5.41) is 4.79. The van der Waals surface area contributed by atoms with Gasteiger partial charge in [0.25, 0.3) is 0 Å². The van der Waals surface area contributed by atoms with Gasteiger partial charge in [0.05, 0.1) is 18.0 Å². The van der Waals surface area contributed by atoms with Crippen molar-refractivity contribution in [2.24, 2.45) is 0 Å². The Kier molecular flexibility index (Phi) is 9.24. The molecule has 1 aliphatic heterocycles. The molecule has 4 rings (SSSR count). The molecule has 1 aliphatic carbocycles. The lowest BCUT2D eigenvalue weighted by molar-refractivity contribution is -0.0602. The average molecular weight is 620 g/mol. The van der Waals surface area contributed by atoms with Crippen molar-refractivity contribution in [1.29, 1.82) is 0 Å². The van der Waals surface area contributed by atoms with E-state index in [1.165, 1.54) is 13.3 Å². The van der Waals surface area contributed by atoms with E-state index in [1.807, 2.05) is 11.8 Å². The van der Waals surface area contributed by atoms with Crippen molar-refractivity contribution >= 4 is 44.6 Å². The lowest BCUT2D eigenvalue weighted by Crippen LogP contribution is -2.49. The summed E-state index contributed by atoms with van der Waals surface area (Å²) < 4.78 is 44.0. The number of ether oxygens (including phenoxy) is 3. The highest BCUT2D eigenvalue weighted by molar-refractivity contribution is 7.67. The predicted octanol–water partition coefficient (Wildman–Crippen LogP) is 1.27. The molecular formula is C23H31FN4O11P2. The summed E-state index contributed by atoms with van der Waals surface area (Å²) in [5.74, 6) is -1.74. The maximum absolute atomic E-state index is 15.6. The number of fused-ring (bicyclic) bond motifs is 1. The number of halogens is 1. The summed E-state index contributed by atoms with van der Waals surface area (Å²) in [6, 6.07) is 1.07. The highest BCUT2D eigenvalue weighted by atomic mass is 31.2. The Labute approximate surface area is 234 Å². The van der Waals surface area contributed by atoms with Gasteiger partial charge >= 0.3 is 19.7 Å². The van der Waals surface area contributed by atoms with Gasteiger partial charge in [-0.1, -0.05) is 0 Å². The van der Waals surface area contributed by atoms with E-state index in [1.54, 1.807) is 9.88 Å². The molecule has 18 heteroatoms. The number of rotatable bonds is 9. The fourth-order valence-corrected chi connectivity index (χ4v) is 6.23. The number of hydrogen-bond donors (Lipinski definition) is 6. The molecule has 0 bridgehead atoms. The third kappa shape index (κ3) is 6.81. The second kappa shape index (κ2) is 12.2. The van der Waals surface area contributed by atoms with Crippen LogP contribution in [0.1, 0.15) is 43.1 Å². The zero-order chi connectivity index (χ0) is 30.2. The van der Waals surface area contributed by atoms with Crippen molar-refractivity contribution in [3.8, 4) is 5.75 Å². The molecule has 2 aliphatic rings. The molecule has 1 aromatic heterocycles. The van der Waals surface area contributed by atoms with Gasteiger partial charge in [-0.05, 0) is 25.8 Å². The Morgan fingerprint density at radius 2 is 1.95 bits per heavy atom. The Morgan fingerprint density at radius 1 is 1.27 bits per heavy atom. The number of nitrogens with one attached hydrogen (secondary N) is 2. The van der Waals surface area contributed by atoms with E-state index < -0.39 is 56.7 Å². The van der Waals surface area contributed by atoms with Crippen LogP contribution < -0.4 is 25.7 Å². The minimum Gasteiger partial charge on any atom is -0.492 e. The number of aromatic nitrogens is 1. The van der Waals surface area contributed by atoms with Gasteiger partial charge in [-0.3, -0.25) is 14.7 Å². The summed E-state index contributed by atoms with van der Waals surface area (Å²) in [5.41, 5.74) is -3.10. The van der Waals surface area contributed by atoms with Crippen molar-refractivity contribution in [3.63, 3.8) is 0 Å². The number of nitrogens with zero attached hydrogens (tertiary/aromatic N) is 2. The molecule has 15 nitrogen and oxygen atoms in total. The van der Waals surface area contributed by atoms with Gasteiger partial charge in [0.1, 0.15) is 11.3 Å². The molecule has 1 saturated heterocycles. The molecule has 41 heavy (non-hydrogen) atoms. The van der Waals surface area contributed by atoms with Crippen LogP contribution in [0.15, 0.2) is 17.1 Å². The van der Waals surface area contributed by atoms with E-state index in [0.717, 1.165) is 25.8 Å². The van der Waals surface area contributed by atoms with Crippen LogP contribution >= 0.6 is 16.0 Å². The minimum absolute atomic E-state index is 0.0882. The van der Waals surface area contributed by atoms with Gasteiger partial charge in [0, 0.05) is 44.8 Å². The van der Waals surface area contributed by atoms with Crippen LogP contribution in [0.4, 0.5) is 14.9 Å². The van der Waals surface area contributed by atoms with Crippen LogP contribution in [-0.4, -0.2) is 80.8 Å².